The second kappa shape index (κ2) is 7.86. The average molecular weight is 431 g/mol. The molecule has 29 heavy (non-hydrogen) atoms. The van der Waals surface area contributed by atoms with Crippen molar-refractivity contribution in [1.29, 1.82) is 5.26 Å². The SMILES string of the molecule is COC(=O)[C@](NC(C)=O)(Nc1sc2c(c1C#N)CC[C@H](C(C)(C)C)C2)C(F)(F)F. The molecule has 1 amide bonds. The smallest absolute Gasteiger partial charge is 0.441 e. The Balaban J connectivity index is 2.56. The number of nitrogens with one attached hydrogen (secondary N) is 2. The number of rotatable bonds is 4. The number of hydrogen-bond acceptors (Lipinski definition) is 6. The Morgan fingerprint density at radius 1 is 1.28 bits per heavy atom. The molecule has 1 aliphatic carbocycles. The number of carbonyl (C=O) groups excluding carboxylic acids is 2. The molecule has 0 bridgehead atoms. The third-order valence-electron chi connectivity index (χ3n) is 5.18. The first-order chi connectivity index (χ1) is 13.3. The highest BCUT2D eigenvalue weighted by Crippen LogP contribution is 2.45. The minimum absolute atomic E-state index is 0.0139. The predicted molar refractivity (Wildman–Crippen MR) is 102 cm³/mol. The van der Waals surface area contributed by atoms with E-state index in [9.17, 15) is 28.0 Å². The molecule has 0 aromatic carbocycles. The first-order valence-electron chi connectivity index (χ1n) is 9.03. The lowest BCUT2D eigenvalue weighted by atomic mass is 9.72. The molecule has 0 saturated heterocycles. The average Bonchev–Trinajstić information content (AvgIpc) is 2.94. The first kappa shape index (κ1) is 23.0. The van der Waals surface area contributed by atoms with Crippen molar-refractivity contribution in [3.8, 4) is 6.07 Å². The van der Waals surface area contributed by atoms with Crippen LogP contribution in [0.5, 0.6) is 0 Å². The van der Waals surface area contributed by atoms with Crippen molar-refractivity contribution >= 4 is 28.2 Å². The summed E-state index contributed by atoms with van der Waals surface area (Å²) in [5.74, 6) is -2.48. The Morgan fingerprint density at radius 2 is 1.90 bits per heavy atom. The number of alkyl halides is 3. The third-order valence-corrected chi connectivity index (χ3v) is 6.35. The van der Waals surface area contributed by atoms with Crippen LogP contribution in [0.2, 0.25) is 0 Å². The van der Waals surface area contributed by atoms with Gasteiger partial charge in [-0.05, 0) is 36.2 Å². The molecule has 1 heterocycles. The molecule has 0 radical (unpaired) electrons. The van der Waals surface area contributed by atoms with Gasteiger partial charge in [-0.15, -0.1) is 11.3 Å². The number of esters is 1. The standard InChI is InChI=1S/C19H24F3N3O3S/c1-10(26)24-18(16(27)28-5,19(20,21)22)25-15-13(9-23)12-7-6-11(17(2,3)4)8-14(12)29-15/h11,25H,6-8H2,1-5H3,(H,24,26)/t11-,18-/m0/s1. The van der Waals surface area contributed by atoms with Crippen LogP contribution in [0.4, 0.5) is 18.2 Å². The van der Waals surface area contributed by atoms with E-state index in [0.717, 1.165) is 36.7 Å². The number of ether oxygens (including phenoxy) is 1. The molecule has 10 heteroatoms. The highest BCUT2D eigenvalue weighted by atomic mass is 32.1. The summed E-state index contributed by atoms with van der Waals surface area (Å²) < 4.78 is 46.2. The van der Waals surface area contributed by atoms with Crippen LogP contribution in [0.25, 0.3) is 0 Å². The molecule has 0 spiro atoms. The molecule has 0 fully saturated rings. The lowest BCUT2D eigenvalue weighted by molar-refractivity contribution is -0.206. The summed E-state index contributed by atoms with van der Waals surface area (Å²) in [4.78, 5) is 24.5. The van der Waals surface area contributed by atoms with Crippen LogP contribution in [-0.2, 0) is 27.2 Å². The van der Waals surface area contributed by atoms with Crippen molar-refractivity contribution in [2.45, 2.75) is 58.8 Å². The van der Waals surface area contributed by atoms with Gasteiger partial charge in [0.2, 0.25) is 5.91 Å². The number of carbonyl (C=O) groups is 2. The number of nitriles is 1. The zero-order valence-electron chi connectivity index (χ0n) is 16.9. The Hall–Kier alpha value is -2.28. The van der Waals surface area contributed by atoms with Crippen LogP contribution < -0.4 is 10.6 Å². The molecule has 1 aromatic heterocycles. The van der Waals surface area contributed by atoms with E-state index in [0.29, 0.717) is 24.3 Å². The van der Waals surface area contributed by atoms with E-state index in [-0.39, 0.29) is 16.0 Å². The van der Waals surface area contributed by atoms with E-state index in [2.05, 4.69) is 30.8 Å². The lowest BCUT2D eigenvalue weighted by Gasteiger charge is -2.34. The maximum absolute atomic E-state index is 13.9. The largest absolute Gasteiger partial charge is 0.466 e. The van der Waals surface area contributed by atoms with Crippen molar-refractivity contribution in [3.63, 3.8) is 0 Å². The minimum atomic E-state index is -5.21. The Bertz CT molecular complexity index is 852. The molecule has 160 valence electrons. The Labute approximate surface area is 171 Å². The summed E-state index contributed by atoms with van der Waals surface area (Å²) in [6.45, 7) is 7.17. The summed E-state index contributed by atoms with van der Waals surface area (Å²) in [5.41, 5.74) is -2.71. The highest BCUT2D eigenvalue weighted by molar-refractivity contribution is 7.16. The van der Waals surface area contributed by atoms with Crippen LogP contribution >= 0.6 is 11.3 Å². The molecule has 1 aliphatic rings. The van der Waals surface area contributed by atoms with E-state index in [1.54, 1.807) is 5.32 Å². The number of thiophene rings is 1. The molecule has 0 saturated carbocycles. The van der Waals surface area contributed by atoms with E-state index in [4.69, 9.17) is 0 Å². The Kier molecular flexibility index (Phi) is 6.23. The van der Waals surface area contributed by atoms with Gasteiger partial charge in [-0.1, -0.05) is 20.8 Å². The van der Waals surface area contributed by atoms with Crippen LogP contribution in [0, 0.1) is 22.7 Å². The monoisotopic (exact) mass is 431 g/mol. The summed E-state index contributed by atoms with van der Waals surface area (Å²) in [5, 5.41) is 13.2. The van der Waals surface area contributed by atoms with Crippen molar-refractivity contribution in [3.05, 3.63) is 16.0 Å². The lowest BCUT2D eigenvalue weighted by Crippen LogP contribution is -2.69. The van der Waals surface area contributed by atoms with E-state index >= 15 is 0 Å². The molecule has 2 N–H and O–H groups in total. The molecule has 2 rings (SSSR count). The number of amides is 1. The first-order valence-corrected chi connectivity index (χ1v) is 9.85. The molecule has 2 atom stereocenters. The number of fused-ring (bicyclic) bond motifs is 1. The zero-order chi connectivity index (χ0) is 22.2. The van der Waals surface area contributed by atoms with Gasteiger partial charge in [0, 0.05) is 11.8 Å². The van der Waals surface area contributed by atoms with Gasteiger partial charge in [0.05, 0.1) is 12.7 Å². The second-order valence-corrected chi connectivity index (χ2v) is 9.28. The molecule has 0 unspecified atom stereocenters. The predicted octanol–water partition coefficient (Wildman–Crippen LogP) is 3.75. The summed E-state index contributed by atoms with van der Waals surface area (Å²) in [6.07, 6.45) is -3.20. The van der Waals surface area contributed by atoms with Crippen molar-refractivity contribution in [2.24, 2.45) is 11.3 Å². The molecule has 6 nitrogen and oxygen atoms in total. The van der Waals surface area contributed by atoms with Crippen LogP contribution in [0.3, 0.4) is 0 Å². The normalized spacial score (nSPS) is 18.8. The number of halogens is 3. The molecular formula is C19H24F3N3O3S. The van der Waals surface area contributed by atoms with Crippen molar-refractivity contribution in [2.75, 3.05) is 12.4 Å². The fraction of sp³-hybridized carbons (Fsp3) is 0.632. The van der Waals surface area contributed by atoms with Crippen LogP contribution in [0.15, 0.2) is 0 Å². The van der Waals surface area contributed by atoms with Crippen molar-refractivity contribution < 1.29 is 27.5 Å². The van der Waals surface area contributed by atoms with Gasteiger partial charge < -0.3 is 15.4 Å². The minimum Gasteiger partial charge on any atom is -0.466 e. The van der Waals surface area contributed by atoms with Gasteiger partial charge >= 0.3 is 17.8 Å². The van der Waals surface area contributed by atoms with E-state index < -0.39 is 23.7 Å². The molecular weight excluding hydrogens is 407 g/mol. The highest BCUT2D eigenvalue weighted by Gasteiger charge is 2.63. The van der Waals surface area contributed by atoms with Gasteiger partial charge in [0.1, 0.15) is 11.1 Å². The molecule has 1 aromatic rings. The maximum Gasteiger partial charge on any atom is 0.441 e. The fourth-order valence-corrected chi connectivity index (χ4v) is 4.84. The summed E-state index contributed by atoms with van der Waals surface area (Å²) in [6, 6.07) is 1.96. The molecule has 0 aliphatic heterocycles. The van der Waals surface area contributed by atoms with Gasteiger partial charge in [0.25, 0.3) is 0 Å². The van der Waals surface area contributed by atoms with Gasteiger partial charge in [0.15, 0.2) is 0 Å². The Morgan fingerprint density at radius 3 is 2.34 bits per heavy atom. The zero-order valence-corrected chi connectivity index (χ0v) is 17.7. The maximum atomic E-state index is 13.9. The number of methoxy groups -OCH3 is 1. The number of nitrogens with zero attached hydrogens (tertiary/aromatic N) is 1. The number of anilines is 1. The van der Waals surface area contributed by atoms with Crippen LogP contribution in [-0.4, -0.2) is 30.8 Å². The quantitative estimate of drug-likeness (QED) is 0.560. The fourth-order valence-electron chi connectivity index (χ4n) is 3.51. The van der Waals surface area contributed by atoms with Crippen LogP contribution in [0.1, 0.15) is 50.1 Å². The third kappa shape index (κ3) is 4.34. The van der Waals surface area contributed by atoms with E-state index in [1.165, 1.54) is 0 Å². The summed E-state index contributed by atoms with van der Waals surface area (Å²) >= 11 is 1.01. The van der Waals surface area contributed by atoms with E-state index in [1.807, 2.05) is 6.07 Å². The second-order valence-electron chi connectivity index (χ2n) is 8.17. The topological polar surface area (TPSA) is 91.2 Å². The van der Waals surface area contributed by atoms with Gasteiger partial charge in [-0.2, -0.15) is 18.4 Å². The van der Waals surface area contributed by atoms with Gasteiger partial charge in [-0.25, -0.2) is 4.79 Å². The van der Waals surface area contributed by atoms with Gasteiger partial charge in [-0.3, -0.25) is 4.79 Å². The number of hydrogen-bond donors (Lipinski definition) is 2. The summed E-state index contributed by atoms with van der Waals surface area (Å²) in [7, 11) is 0.797. The van der Waals surface area contributed by atoms with Crippen molar-refractivity contribution in [1.82, 2.24) is 5.32 Å².